The first-order valence-corrected chi connectivity index (χ1v) is 8.13. The minimum Gasteiger partial charge on any atom is -0.427 e. The van der Waals surface area contributed by atoms with Crippen molar-refractivity contribution in [3.05, 3.63) is 65.2 Å². The number of hydrogen-bond donors (Lipinski definition) is 0. The van der Waals surface area contributed by atoms with Crippen molar-refractivity contribution >= 4 is 11.8 Å². The van der Waals surface area contributed by atoms with E-state index in [1.54, 1.807) is 12.1 Å². The molecule has 2 aromatic carbocycles. The van der Waals surface area contributed by atoms with Crippen LogP contribution in [0.25, 0.3) is 0 Å². The Morgan fingerprint density at radius 3 is 2.39 bits per heavy atom. The lowest BCUT2D eigenvalue weighted by Gasteiger charge is -2.16. The fraction of sp³-hybridized carbons (Fsp3) is 0.300. The SMILES string of the molecule is O=C(CCC(=O)c1ccccc1)Oc1ccc2c(c1)CCCC2. The van der Waals surface area contributed by atoms with Crippen LogP contribution in [0.4, 0.5) is 0 Å². The van der Waals surface area contributed by atoms with Crippen LogP contribution in [0, 0.1) is 0 Å². The number of carbonyl (C=O) groups is 2. The Bertz CT molecular complexity index is 704. The quantitative estimate of drug-likeness (QED) is 0.474. The van der Waals surface area contributed by atoms with Gasteiger partial charge in [0.05, 0.1) is 6.42 Å². The molecular weight excluding hydrogens is 288 g/mol. The number of rotatable bonds is 5. The number of esters is 1. The fourth-order valence-electron chi connectivity index (χ4n) is 2.94. The Kier molecular flexibility index (Phi) is 4.86. The fourth-order valence-corrected chi connectivity index (χ4v) is 2.94. The van der Waals surface area contributed by atoms with Gasteiger partial charge < -0.3 is 4.74 Å². The van der Waals surface area contributed by atoms with Crippen molar-refractivity contribution in [1.82, 2.24) is 0 Å². The molecule has 0 radical (unpaired) electrons. The molecule has 0 aromatic heterocycles. The van der Waals surface area contributed by atoms with Gasteiger partial charge in [-0.1, -0.05) is 36.4 Å². The highest BCUT2D eigenvalue weighted by Gasteiger charge is 2.13. The summed E-state index contributed by atoms with van der Waals surface area (Å²) in [5.41, 5.74) is 3.27. The third kappa shape index (κ3) is 4.07. The van der Waals surface area contributed by atoms with Gasteiger partial charge in [0.1, 0.15) is 5.75 Å². The van der Waals surface area contributed by atoms with Crippen LogP contribution in [-0.4, -0.2) is 11.8 Å². The molecule has 0 saturated carbocycles. The normalized spacial score (nSPS) is 13.2. The van der Waals surface area contributed by atoms with Gasteiger partial charge in [-0.3, -0.25) is 9.59 Å². The van der Waals surface area contributed by atoms with Crippen molar-refractivity contribution in [2.75, 3.05) is 0 Å². The minimum atomic E-state index is -0.356. The van der Waals surface area contributed by atoms with Crippen LogP contribution in [0.2, 0.25) is 0 Å². The van der Waals surface area contributed by atoms with Crippen molar-refractivity contribution < 1.29 is 14.3 Å². The lowest BCUT2D eigenvalue weighted by atomic mass is 9.92. The van der Waals surface area contributed by atoms with E-state index in [1.165, 1.54) is 24.0 Å². The van der Waals surface area contributed by atoms with Crippen LogP contribution < -0.4 is 4.74 Å². The number of ketones is 1. The summed E-state index contributed by atoms with van der Waals surface area (Å²) < 4.78 is 5.38. The summed E-state index contributed by atoms with van der Waals surface area (Å²) in [6.45, 7) is 0. The van der Waals surface area contributed by atoms with Crippen LogP contribution >= 0.6 is 0 Å². The van der Waals surface area contributed by atoms with Crippen LogP contribution in [0.3, 0.4) is 0 Å². The topological polar surface area (TPSA) is 43.4 Å². The van der Waals surface area contributed by atoms with E-state index in [0.29, 0.717) is 11.3 Å². The molecule has 3 heteroatoms. The molecule has 0 atom stereocenters. The summed E-state index contributed by atoms with van der Waals surface area (Å²) in [6.07, 6.45) is 4.85. The summed E-state index contributed by atoms with van der Waals surface area (Å²) in [5.74, 6) is 0.195. The first-order valence-electron chi connectivity index (χ1n) is 8.13. The van der Waals surface area contributed by atoms with E-state index in [2.05, 4.69) is 0 Å². The first kappa shape index (κ1) is 15.5. The number of ether oxygens (including phenoxy) is 1. The average molecular weight is 308 g/mol. The van der Waals surface area contributed by atoms with Crippen molar-refractivity contribution in [1.29, 1.82) is 0 Å². The summed E-state index contributed by atoms with van der Waals surface area (Å²) in [4.78, 5) is 23.9. The summed E-state index contributed by atoms with van der Waals surface area (Å²) >= 11 is 0. The maximum atomic E-state index is 12.0. The largest absolute Gasteiger partial charge is 0.427 e. The highest BCUT2D eigenvalue weighted by atomic mass is 16.5. The average Bonchev–Trinajstić information content (AvgIpc) is 2.60. The molecule has 0 N–H and O–H groups in total. The van der Waals surface area contributed by atoms with Crippen molar-refractivity contribution in [2.45, 2.75) is 38.5 Å². The second-order valence-corrected chi connectivity index (χ2v) is 5.90. The molecule has 3 nitrogen and oxygen atoms in total. The zero-order valence-electron chi connectivity index (χ0n) is 13.1. The van der Waals surface area contributed by atoms with Gasteiger partial charge in [0.25, 0.3) is 0 Å². The third-order valence-corrected chi connectivity index (χ3v) is 4.20. The molecule has 2 aromatic rings. The molecular formula is C20H20O3. The highest BCUT2D eigenvalue weighted by Crippen LogP contribution is 2.25. The van der Waals surface area contributed by atoms with Crippen LogP contribution in [0.15, 0.2) is 48.5 Å². The number of carbonyl (C=O) groups excluding carboxylic acids is 2. The van der Waals surface area contributed by atoms with E-state index in [9.17, 15) is 9.59 Å². The van der Waals surface area contributed by atoms with Crippen molar-refractivity contribution in [3.8, 4) is 5.75 Å². The summed E-state index contributed by atoms with van der Waals surface area (Å²) in [6, 6.07) is 14.9. The Balaban J connectivity index is 1.54. The van der Waals surface area contributed by atoms with Crippen molar-refractivity contribution in [2.24, 2.45) is 0 Å². The van der Waals surface area contributed by atoms with Crippen LogP contribution in [-0.2, 0) is 17.6 Å². The number of hydrogen-bond acceptors (Lipinski definition) is 3. The highest BCUT2D eigenvalue weighted by molar-refractivity contribution is 5.97. The second-order valence-electron chi connectivity index (χ2n) is 5.90. The smallest absolute Gasteiger partial charge is 0.311 e. The van der Waals surface area contributed by atoms with Gasteiger partial charge in [0.2, 0.25) is 0 Å². The Hall–Kier alpha value is -2.42. The van der Waals surface area contributed by atoms with E-state index in [0.717, 1.165) is 12.8 Å². The Morgan fingerprint density at radius 1 is 0.870 bits per heavy atom. The van der Waals surface area contributed by atoms with E-state index in [1.807, 2.05) is 36.4 Å². The zero-order chi connectivity index (χ0) is 16.1. The van der Waals surface area contributed by atoms with Crippen LogP contribution in [0.1, 0.15) is 47.2 Å². The third-order valence-electron chi connectivity index (χ3n) is 4.20. The van der Waals surface area contributed by atoms with Gasteiger partial charge in [0, 0.05) is 12.0 Å². The standard InChI is InChI=1S/C20H20O3/c21-19(16-7-2-1-3-8-16)12-13-20(22)23-18-11-10-15-6-4-5-9-17(15)14-18/h1-3,7-8,10-11,14H,4-6,9,12-13H2. The Morgan fingerprint density at radius 2 is 1.61 bits per heavy atom. The molecule has 23 heavy (non-hydrogen) atoms. The number of fused-ring (bicyclic) bond motifs is 1. The van der Waals surface area contributed by atoms with E-state index in [4.69, 9.17) is 4.74 Å². The predicted octanol–water partition coefficient (Wildman–Crippen LogP) is 4.13. The van der Waals surface area contributed by atoms with Gasteiger partial charge in [-0.2, -0.15) is 0 Å². The molecule has 0 heterocycles. The summed E-state index contributed by atoms with van der Waals surface area (Å²) in [7, 11) is 0. The molecule has 1 aliphatic carbocycles. The molecule has 0 amide bonds. The lowest BCUT2D eigenvalue weighted by molar-refractivity contribution is -0.134. The molecule has 0 aliphatic heterocycles. The van der Waals surface area contributed by atoms with Gasteiger partial charge in [0.15, 0.2) is 5.78 Å². The van der Waals surface area contributed by atoms with Gasteiger partial charge in [-0.05, 0) is 48.9 Å². The molecule has 118 valence electrons. The van der Waals surface area contributed by atoms with E-state index in [-0.39, 0.29) is 24.6 Å². The Labute approximate surface area is 136 Å². The number of benzene rings is 2. The summed E-state index contributed by atoms with van der Waals surface area (Å²) in [5, 5.41) is 0. The zero-order valence-corrected chi connectivity index (χ0v) is 13.1. The van der Waals surface area contributed by atoms with Gasteiger partial charge in [-0.15, -0.1) is 0 Å². The van der Waals surface area contributed by atoms with Gasteiger partial charge in [-0.25, -0.2) is 0 Å². The van der Waals surface area contributed by atoms with Crippen LogP contribution in [0.5, 0.6) is 5.75 Å². The van der Waals surface area contributed by atoms with Gasteiger partial charge >= 0.3 is 5.97 Å². The molecule has 0 spiro atoms. The van der Waals surface area contributed by atoms with E-state index < -0.39 is 0 Å². The second kappa shape index (κ2) is 7.23. The minimum absolute atomic E-state index is 0.0343. The molecule has 0 fully saturated rings. The maximum absolute atomic E-state index is 12.0. The monoisotopic (exact) mass is 308 g/mol. The van der Waals surface area contributed by atoms with Crippen molar-refractivity contribution in [3.63, 3.8) is 0 Å². The first-order chi connectivity index (χ1) is 11.2. The lowest BCUT2D eigenvalue weighted by Crippen LogP contribution is -2.11. The predicted molar refractivity (Wildman–Crippen MR) is 88.7 cm³/mol. The molecule has 1 aliphatic rings. The maximum Gasteiger partial charge on any atom is 0.311 e. The molecule has 0 saturated heterocycles. The van der Waals surface area contributed by atoms with E-state index >= 15 is 0 Å². The number of Topliss-reactive ketones (excluding diaryl/α,β-unsaturated/α-hetero) is 1. The molecule has 3 rings (SSSR count). The molecule has 0 bridgehead atoms. The molecule has 0 unspecified atom stereocenters. The number of aryl methyl sites for hydroxylation is 2.